The van der Waals surface area contributed by atoms with E-state index in [0.717, 1.165) is 30.1 Å². The van der Waals surface area contributed by atoms with E-state index in [1.165, 1.54) is 0 Å². The molecular formula is C16H17NO2. The van der Waals surface area contributed by atoms with Gasteiger partial charge in [0.15, 0.2) is 0 Å². The fourth-order valence-electron chi connectivity index (χ4n) is 1.76. The zero-order valence-corrected chi connectivity index (χ0v) is 10.7. The number of benzene rings is 2. The van der Waals surface area contributed by atoms with Crippen LogP contribution in [-0.4, -0.2) is 12.1 Å². The third-order valence-corrected chi connectivity index (χ3v) is 3.22. The third kappa shape index (κ3) is 3.26. The molecule has 3 rings (SSSR count). The average Bonchev–Trinajstić information content (AvgIpc) is 3.18. The summed E-state index contributed by atoms with van der Waals surface area (Å²) in [6, 6.07) is 17.3. The predicted octanol–water partition coefficient (Wildman–Crippen LogP) is 3.35. The number of nitrogens with two attached hydrogens (primary N) is 1. The van der Waals surface area contributed by atoms with Crippen molar-refractivity contribution < 1.29 is 9.47 Å². The van der Waals surface area contributed by atoms with E-state index in [1.807, 2.05) is 54.6 Å². The van der Waals surface area contributed by atoms with Crippen LogP contribution in [0, 0.1) is 0 Å². The monoisotopic (exact) mass is 255 g/mol. The van der Waals surface area contributed by atoms with Gasteiger partial charge in [-0.25, -0.2) is 0 Å². The molecule has 0 aromatic heterocycles. The van der Waals surface area contributed by atoms with Gasteiger partial charge >= 0.3 is 0 Å². The summed E-state index contributed by atoms with van der Waals surface area (Å²) in [6.45, 7) is 0.589. The van der Waals surface area contributed by atoms with Crippen molar-refractivity contribution in [2.45, 2.75) is 18.4 Å². The zero-order valence-electron chi connectivity index (χ0n) is 10.7. The summed E-state index contributed by atoms with van der Waals surface area (Å²) in [6.07, 6.45) is 2.12. The topological polar surface area (TPSA) is 44.5 Å². The van der Waals surface area contributed by atoms with Crippen molar-refractivity contribution >= 4 is 0 Å². The Labute approximate surface area is 113 Å². The second kappa shape index (κ2) is 4.94. The van der Waals surface area contributed by atoms with Crippen LogP contribution < -0.4 is 15.2 Å². The van der Waals surface area contributed by atoms with Gasteiger partial charge < -0.3 is 15.2 Å². The van der Waals surface area contributed by atoms with Crippen LogP contribution in [-0.2, 0) is 0 Å². The molecule has 1 aliphatic rings. The van der Waals surface area contributed by atoms with E-state index < -0.39 is 0 Å². The SMILES string of the molecule is NC1(COc2ccc(Oc3ccccc3)cc2)CC1. The summed E-state index contributed by atoms with van der Waals surface area (Å²) in [5, 5.41) is 0. The quantitative estimate of drug-likeness (QED) is 0.891. The Balaban J connectivity index is 1.59. The first-order chi connectivity index (χ1) is 9.23. The summed E-state index contributed by atoms with van der Waals surface area (Å²) < 4.78 is 11.4. The van der Waals surface area contributed by atoms with E-state index in [1.54, 1.807) is 0 Å². The molecule has 1 aliphatic carbocycles. The Hall–Kier alpha value is -2.00. The number of hydrogen-bond acceptors (Lipinski definition) is 3. The second-order valence-electron chi connectivity index (χ2n) is 5.04. The molecule has 1 saturated carbocycles. The van der Waals surface area contributed by atoms with Crippen molar-refractivity contribution in [3.63, 3.8) is 0 Å². The van der Waals surface area contributed by atoms with Crippen molar-refractivity contribution in [2.75, 3.05) is 6.61 Å². The van der Waals surface area contributed by atoms with Gasteiger partial charge in [-0.15, -0.1) is 0 Å². The fourth-order valence-corrected chi connectivity index (χ4v) is 1.76. The lowest BCUT2D eigenvalue weighted by atomic mass is 10.3. The summed E-state index contributed by atoms with van der Waals surface area (Å²) >= 11 is 0. The first-order valence-corrected chi connectivity index (χ1v) is 6.48. The Morgan fingerprint density at radius 1 is 0.842 bits per heavy atom. The summed E-state index contributed by atoms with van der Waals surface area (Å²) in [7, 11) is 0. The van der Waals surface area contributed by atoms with Crippen molar-refractivity contribution in [2.24, 2.45) is 5.73 Å². The summed E-state index contributed by atoms with van der Waals surface area (Å²) in [5.41, 5.74) is 5.89. The van der Waals surface area contributed by atoms with Crippen LogP contribution >= 0.6 is 0 Å². The molecule has 98 valence electrons. The highest BCUT2D eigenvalue weighted by molar-refractivity contribution is 5.35. The van der Waals surface area contributed by atoms with E-state index in [2.05, 4.69) is 0 Å². The minimum atomic E-state index is -0.0841. The average molecular weight is 255 g/mol. The number of ether oxygens (including phenoxy) is 2. The molecule has 2 aromatic rings. The molecule has 0 atom stereocenters. The Bertz CT molecular complexity index is 532. The molecule has 0 radical (unpaired) electrons. The molecule has 0 aliphatic heterocycles. The molecule has 0 spiro atoms. The molecule has 0 amide bonds. The van der Waals surface area contributed by atoms with E-state index >= 15 is 0 Å². The molecule has 19 heavy (non-hydrogen) atoms. The van der Waals surface area contributed by atoms with Crippen molar-refractivity contribution in [1.82, 2.24) is 0 Å². The molecule has 0 saturated heterocycles. The minimum Gasteiger partial charge on any atom is -0.492 e. The maximum Gasteiger partial charge on any atom is 0.127 e. The highest BCUT2D eigenvalue weighted by atomic mass is 16.5. The van der Waals surface area contributed by atoms with Crippen molar-refractivity contribution in [1.29, 1.82) is 0 Å². The van der Waals surface area contributed by atoms with Gasteiger partial charge in [0.1, 0.15) is 23.9 Å². The Morgan fingerprint density at radius 3 is 2.05 bits per heavy atom. The molecular weight excluding hydrogens is 238 g/mol. The highest BCUT2D eigenvalue weighted by Gasteiger charge is 2.39. The zero-order chi connectivity index (χ0) is 13.1. The van der Waals surface area contributed by atoms with Gasteiger partial charge in [-0.05, 0) is 49.2 Å². The van der Waals surface area contributed by atoms with Crippen LogP contribution in [0.3, 0.4) is 0 Å². The summed E-state index contributed by atoms with van der Waals surface area (Å²) in [5.74, 6) is 2.46. The smallest absolute Gasteiger partial charge is 0.127 e. The lowest BCUT2D eigenvalue weighted by molar-refractivity contribution is 0.279. The van der Waals surface area contributed by atoms with Gasteiger partial charge in [0.05, 0.1) is 5.54 Å². The number of rotatable bonds is 5. The van der Waals surface area contributed by atoms with Crippen LogP contribution in [0.5, 0.6) is 17.2 Å². The minimum absolute atomic E-state index is 0.0841. The van der Waals surface area contributed by atoms with Crippen LogP contribution in [0.1, 0.15) is 12.8 Å². The lowest BCUT2D eigenvalue weighted by Crippen LogP contribution is -2.29. The molecule has 3 heteroatoms. The van der Waals surface area contributed by atoms with E-state index in [0.29, 0.717) is 6.61 Å². The highest BCUT2D eigenvalue weighted by Crippen LogP contribution is 2.33. The predicted molar refractivity (Wildman–Crippen MR) is 74.6 cm³/mol. The van der Waals surface area contributed by atoms with Gasteiger partial charge in [-0.2, -0.15) is 0 Å². The lowest BCUT2D eigenvalue weighted by Gasteiger charge is -2.11. The third-order valence-electron chi connectivity index (χ3n) is 3.22. The van der Waals surface area contributed by atoms with Crippen molar-refractivity contribution in [3.05, 3.63) is 54.6 Å². The molecule has 0 unspecified atom stereocenters. The molecule has 0 heterocycles. The van der Waals surface area contributed by atoms with Gasteiger partial charge in [-0.3, -0.25) is 0 Å². The second-order valence-corrected chi connectivity index (χ2v) is 5.04. The molecule has 3 nitrogen and oxygen atoms in total. The normalized spacial score (nSPS) is 15.8. The van der Waals surface area contributed by atoms with Crippen LogP contribution in [0.25, 0.3) is 0 Å². The van der Waals surface area contributed by atoms with E-state index in [9.17, 15) is 0 Å². The van der Waals surface area contributed by atoms with Crippen LogP contribution in [0.2, 0.25) is 0 Å². The van der Waals surface area contributed by atoms with E-state index in [4.69, 9.17) is 15.2 Å². The largest absolute Gasteiger partial charge is 0.492 e. The van der Waals surface area contributed by atoms with Crippen LogP contribution in [0.4, 0.5) is 0 Å². The van der Waals surface area contributed by atoms with Gasteiger partial charge in [0.2, 0.25) is 0 Å². The van der Waals surface area contributed by atoms with Crippen molar-refractivity contribution in [3.8, 4) is 17.2 Å². The van der Waals surface area contributed by atoms with Gasteiger partial charge in [0, 0.05) is 0 Å². The summed E-state index contributed by atoms with van der Waals surface area (Å²) in [4.78, 5) is 0. The number of hydrogen-bond donors (Lipinski definition) is 1. The Kier molecular flexibility index (Phi) is 3.13. The van der Waals surface area contributed by atoms with Crippen LogP contribution in [0.15, 0.2) is 54.6 Å². The Morgan fingerprint density at radius 2 is 1.42 bits per heavy atom. The van der Waals surface area contributed by atoms with Gasteiger partial charge in [0.25, 0.3) is 0 Å². The van der Waals surface area contributed by atoms with Gasteiger partial charge in [-0.1, -0.05) is 18.2 Å². The van der Waals surface area contributed by atoms with E-state index in [-0.39, 0.29) is 5.54 Å². The standard InChI is InChI=1S/C16H17NO2/c17-16(10-11-16)12-18-13-6-8-15(9-7-13)19-14-4-2-1-3-5-14/h1-9H,10-12,17H2. The molecule has 0 bridgehead atoms. The molecule has 2 N–H and O–H groups in total. The fraction of sp³-hybridized carbons (Fsp3) is 0.250. The number of para-hydroxylation sites is 1. The molecule has 2 aromatic carbocycles. The molecule has 1 fully saturated rings. The maximum absolute atomic E-state index is 5.98. The first-order valence-electron chi connectivity index (χ1n) is 6.48. The maximum atomic E-state index is 5.98. The first kappa shape index (κ1) is 12.1.